The third kappa shape index (κ3) is 3.27. The summed E-state index contributed by atoms with van der Waals surface area (Å²) in [6, 6.07) is 1.60. The summed E-state index contributed by atoms with van der Waals surface area (Å²) in [5.74, 6) is 1.75. The van der Waals surface area contributed by atoms with Gasteiger partial charge in [-0.25, -0.2) is 0 Å². The number of nitrogens with zero attached hydrogens (tertiary/aromatic N) is 1. The largest absolute Gasteiger partial charge is 0.314 e. The predicted octanol–water partition coefficient (Wildman–Crippen LogP) is 3.28. The molecule has 1 aliphatic heterocycles. The number of piperazine rings is 1. The number of hydrogen-bond donors (Lipinski definition) is 1. The lowest BCUT2D eigenvalue weighted by Gasteiger charge is -2.47. The van der Waals surface area contributed by atoms with Crippen molar-refractivity contribution in [2.75, 3.05) is 19.6 Å². The standard InChI is InChI=1S/C16H32N2/c1-4-15(14-8-6-5-7-9-14)18-11-10-17-12-16(18)13(2)3/h13-17H,4-12H2,1-3H3. The van der Waals surface area contributed by atoms with Crippen molar-refractivity contribution in [2.45, 2.75) is 71.4 Å². The van der Waals surface area contributed by atoms with Crippen LogP contribution in [0.1, 0.15) is 59.3 Å². The second-order valence-electron chi connectivity index (χ2n) is 6.63. The lowest BCUT2D eigenvalue weighted by Crippen LogP contribution is -2.58. The highest BCUT2D eigenvalue weighted by Gasteiger charge is 2.34. The Balaban J connectivity index is 2.03. The Labute approximate surface area is 114 Å². The molecule has 0 bridgehead atoms. The van der Waals surface area contributed by atoms with E-state index in [4.69, 9.17) is 0 Å². The Bertz CT molecular complexity index is 233. The lowest BCUT2D eigenvalue weighted by molar-refractivity contribution is 0.0342. The minimum absolute atomic E-state index is 0.755. The summed E-state index contributed by atoms with van der Waals surface area (Å²) in [7, 11) is 0. The summed E-state index contributed by atoms with van der Waals surface area (Å²) in [4.78, 5) is 2.86. The van der Waals surface area contributed by atoms with Crippen molar-refractivity contribution in [3.8, 4) is 0 Å². The van der Waals surface area contributed by atoms with Gasteiger partial charge in [0.25, 0.3) is 0 Å². The molecule has 2 fully saturated rings. The van der Waals surface area contributed by atoms with Crippen LogP contribution in [0.4, 0.5) is 0 Å². The molecule has 2 rings (SSSR count). The average Bonchev–Trinajstić information content (AvgIpc) is 2.41. The molecule has 106 valence electrons. The number of rotatable bonds is 4. The van der Waals surface area contributed by atoms with Gasteiger partial charge in [-0.05, 0) is 31.1 Å². The van der Waals surface area contributed by atoms with Gasteiger partial charge >= 0.3 is 0 Å². The molecule has 1 heterocycles. The molecule has 1 saturated carbocycles. The van der Waals surface area contributed by atoms with Gasteiger partial charge in [0, 0.05) is 31.7 Å². The van der Waals surface area contributed by atoms with Crippen molar-refractivity contribution in [1.29, 1.82) is 0 Å². The third-order valence-corrected chi connectivity index (χ3v) is 5.13. The fourth-order valence-electron chi connectivity index (χ4n) is 4.13. The van der Waals surface area contributed by atoms with Crippen LogP contribution in [0.5, 0.6) is 0 Å². The molecule has 2 heteroatoms. The minimum Gasteiger partial charge on any atom is -0.314 e. The normalized spacial score (nSPS) is 29.7. The Kier molecular flexibility index (Phi) is 5.50. The highest BCUT2D eigenvalue weighted by molar-refractivity contribution is 4.90. The topological polar surface area (TPSA) is 15.3 Å². The zero-order valence-corrected chi connectivity index (χ0v) is 12.6. The van der Waals surface area contributed by atoms with Crippen LogP contribution in [0.15, 0.2) is 0 Å². The predicted molar refractivity (Wildman–Crippen MR) is 78.9 cm³/mol. The zero-order chi connectivity index (χ0) is 13.0. The van der Waals surface area contributed by atoms with Gasteiger partial charge in [0.1, 0.15) is 0 Å². The van der Waals surface area contributed by atoms with Gasteiger partial charge in [-0.2, -0.15) is 0 Å². The molecule has 2 unspecified atom stereocenters. The Morgan fingerprint density at radius 3 is 2.50 bits per heavy atom. The first-order chi connectivity index (χ1) is 8.74. The molecule has 2 nitrogen and oxygen atoms in total. The van der Waals surface area contributed by atoms with Gasteiger partial charge in [-0.3, -0.25) is 4.90 Å². The molecule has 0 radical (unpaired) electrons. The Morgan fingerprint density at radius 1 is 1.17 bits per heavy atom. The monoisotopic (exact) mass is 252 g/mol. The summed E-state index contributed by atoms with van der Waals surface area (Å²) in [6.45, 7) is 10.8. The molecule has 0 amide bonds. The van der Waals surface area contributed by atoms with E-state index in [1.807, 2.05) is 0 Å². The maximum absolute atomic E-state index is 3.59. The van der Waals surface area contributed by atoms with Crippen LogP contribution in [-0.4, -0.2) is 36.6 Å². The van der Waals surface area contributed by atoms with E-state index in [0.29, 0.717) is 0 Å². The van der Waals surface area contributed by atoms with Crippen LogP contribution >= 0.6 is 0 Å². The maximum atomic E-state index is 3.59. The fraction of sp³-hybridized carbons (Fsp3) is 1.00. The highest BCUT2D eigenvalue weighted by Crippen LogP contribution is 2.32. The molecule has 1 aliphatic carbocycles. The van der Waals surface area contributed by atoms with Gasteiger partial charge in [0.05, 0.1) is 0 Å². The van der Waals surface area contributed by atoms with Crippen molar-refractivity contribution in [1.82, 2.24) is 10.2 Å². The van der Waals surface area contributed by atoms with Crippen LogP contribution in [0.2, 0.25) is 0 Å². The van der Waals surface area contributed by atoms with E-state index >= 15 is 0 Å². The fourth-order valence-corrected chi connectivity index (χ4v) is 4.13. The number of hydrogen-bond acceptors (Lipinski definition) is 2. The van der Waals surface area contributed by atoms with Crippen molar-refractivity contribution < 1.29 is 0 Å². The summed E-state index contributed by atoms with van der Waals surface area (Å²) in [5, 5.41) is 3.59. The van der Waals surface area contributed by atoms with Gasteiger partial charge < -0.3 is 5.32 Å². The lowest BCUT2D eigenvalue weighted by atomic mass is 9.81. The van der Waals surface area contributed by atoms with Gasteiger partial charge in [0.2, 0.25) is 0 Å². The molecule has 1 saturated heterocycles. The van der Waals surface area contributed by atoms with E-state index in [2.05, 4.69) is 31.0 Å². The Morgan fingerprint density at radius 2 is 1.89 bits per heavy atom. The number of nitrogens with one attached hydrogen (secondary N) is 1. The van der Waals surface area contributed by atoms with Crippen LogP contribution in [-0.2, 0) is 0 Å². The van der Waals surface area contributed by atoms with Gasteiger partial charge in [-0.15, -0.1) is 0 Å². The van der Waals surface area contributed by atoms with Crippen molar-refractivity contribution in [3.63, 3.8) is 0 Å². The van der Waals surface area contributed by atoms with E-state index in [-0.39, 0.29) is 0 Å². The van der Waals surface area contributed by atoms with Crippen LogP contribution in [0.3, 0.4) is 0 Å². The molecule has 0 spiro atoms. The quantitative estimate of drug-likeness (QED) is 0.826. The SMILES string of the molecule is CCC(C1CCCCC1)N1CCNCC1C(C)C. The second-order valence-corrected chi connectivity index (χ2v) is 6.63. The molecular formula is C16H32N2. The molecule has 1 N–H and O–H groups in total. The first kappa shape index (κ1) is 14.3. The van der Waals surface area contributed by atoms with Crippen LogP contribution in [0, 0.1) is 11.8 Å². The maximum Gasteiger partial charge on any atom is 0.0247 e. The zero-order valence-electron chi connectivity index (χ0n) is 12.6. The average molecular weight is 252 g/mol. The van der Waals surface area contributed by atoms with E-state index in [9.17, 15) is 0 Å². The summed E-state index contributed by atoms with van der Waals surface area (Å²) < 4.78 is 0. The molecule has 0 aromatic heterocycles. The summed E-state index contributed by atoms with van der Waals surface area (Å²) in [6.07, 6.45) is 8.72. The molecule has 2 atom stereocenters. The van der Waals surface area contributed by atoms with Crippen LogP contribution in [0.25, 0.3) is 0 Å². The smallest absolute Gasteiger partial charge is 0.0247 e. The van der Waals surface area contributed by atoms with E-state index in [1.54, 1.807) is 0 Å². The Hall–Kier alpha value is -0.0800. The van der Waals surface area contributed by atoms with Gasteiger partial charge in [-0.1, -0.05) is 40.0 Å². The second kappa shape index (κ2) is 6.91. The van der Waals surface area contributed by atoms with E-state index in [1.165, 1.54) is 58.2 Å². The van der Waals surface area contributed by atoms with E-state index in [0.717, 1.165) is 23.9 Å². The van der Waals surface area contributed by atoms with Crippen LogP contribution < -0.4 is 5.32 Å². The minimum atomic E-state index is 0.755. The van der Waals surface area contributed by atoms with Crippen molar-refractivity contribution in [3.05, 3.63) is 0 Å². The molecular weight excluding hydrogens is 220 g/mol. The van der Waals surface area contributed by atoms with E-state index < -0.39 is 0 Å². The first-order valence-electron chi connectivity index (χ1n) is 8.20. The molecule has 0 aromatic rings. The molecule has 18 heavy (non-hydrogen) atoms. The highest BCUT2D eigenvalue weighted by atomic mass is 15.2. The van der Waals surface area contributed by atoms with Crippen molar-refractivity contribution in [2.24, 2.45) is 11.8 Å². The first-order valence-corrected chi connectivity index (χ1v) is 8.20. The third-order valence-electron chi connectivity index (χ3n) is 5.13. The summed E-state index contributed by atoms with van der Waals surface area (Å²) >= 11 is 0. The summed E-state index contributed by atoms with van der Waals surface area (Å²) in [5.41, 5.74) is 0. The van der Waals surface area contributed by atoms with Gasteiger partial charge in [0.15, 0.2) is 0 Å². The van der Waals surface area contributed by atoms with Crippen molar-refractivity contribution >= 4 is 0 Å². The molecule has 2 aliphatic rings. The molecule has 0 aromatic carbocycles.